The second kappa shape index (κ2) is 5.58. The van der Waals surface area contributed by atoms with Gasteiger partial charge in [-0.1, -0.05) is 24.9 Å². The molecule has 0 aromatic carbocycles. The SMILES string of the molecule is CCC1CCCCC1Oc1ncc(N)cc1Cl. The molecule has 2 N–H and O–H groups in total. The predicted octanol–water partition coefficient (Wildman–Crippen LogP) is 3.66. The van der Waals surface area contributed by atoms with Gasteiger partial charge in [-0.2, -0.15) is 0 Å². The van der Waals surface area contributed by atoms with Crippen LogP contribution in [0.25, 0.3) is 0 Å². The standard InChI is InChI=1S/C13H19ClN2O/c1-2-9-5-3-4-6-12(9)17-13-11(14)7-10(15)8-16-13/h7-9,12H,2-6,15H2,1H3. The Morgan fingerprint density at radius 3 is 2.94 bits per heavy atom. The van der Waals surface area contributed by atoms with E-state index in [1.165, 1.54) is 19.3 Å². The van der Waals surface area contributed by atoms with Crippen molar-refractivity contribution >= 4 is 17.3 Å². The highest BCUT2D eigenvalue weighted by Crippen LogP contribution is 2.32. The van der Waals surface area contributed by atoms with E-state index < -0.39 is 0 Å². The number of hydrogen-bond donors (Lipinski definition) is 1. The monoisotopic (exact) mass is 254 g/mol. The van der Waals surface area contributed by atoms with Gasteiger partial charge in [-0.25, -0.2) is 4.98 Å². The first kappa shape index (κ1) is 12.5. The Morgan fingerprint density at radius 2 is 2.24 bits per heavy atom. The fourth-order valence-corrected chi connectivity index (χ4v) is 2.69. The summed E-state index contributed by atoms with van der Waals surface area (Å²) in [6.07, 6.45) is 7.87. The van der Waals surface area contributed by atoms with Crippen LogP contribution in [-0.2, 0) is 0 Å². The van der Waals surface area contributed by atoms with E-state index in [1.807, 2.05) is 0 Å². The van der Waals surface area contributed by atoms with E-state index in [1.54, 1.807) is 12.3 Å². The van der Waals surface area contributed by atoms with Crippen LogP contribution in [0.1, 0.15) is 39.0 Å². The first-order valence-corrected chi connectivity index (χ1v) is 6.66. The fourth-order valence-electron chi connectivity index (χ4n) is 2.47. The number of aromatic nitrogens is 1. The van der Waals surface area contributed by atoms with Crippen molar-refractivity contribution in [2.24, 2.45) is 5.92 Å². The van der Waals surface area contributed by atoms with Crippen molar-refractivity contribution in [3.63, 3.8) is 0 Å². The Bertz CT molecular complexity index is 384. The normalized spacial score (nSPS) is 24.6. The summed E-state index contributed by atoms with van der Waals surface area (Å²) in [5.74, 6) is 1.14. The first-order valence-electron chi connectivity index (χ1n) is 6.28. The lowest BCUT2D eigenvalue weighted by Crippen LogP contribution is -2.30. The second-order valence-electron chi connectivity index (χ2n) is 4.66. The van der Waals surface area contributed by atoms with Crippen molar-refractivity contribution in [3.05, 3.63) is 17.3 Å². The van der Waals surface area contributed by atoms with Gasteiger partial charge in [0.05, 0.1) is 11.9 Å². The lowest BCUT2D eigenvalue weighted by atomic mass is 9.85. The number of pyridine rings is 1. The molecule has 1 aliphatic rings. The first-order chi connectivity index (χ1) is 8.20. The molecule has 0 bridgehead atoms. The Hall–Kier alpha value is -0.960. The van der Waals surface area contributed by atoms with Gasteiger partial charge >= 0.3 is 0 Å². The summed E-state index contributed by atoms with van der Waals surface area (Å²) in [4.78, 5) is 4.16. The van der Waals surface area contributed by atoms with Crippen LogP contribution in [0.5, 0.6) is 5.88 Å². The average Bonchev–Trinajstić information content (AvgIpc) is 2.33. The van der Waals surface area contributed by atoms with Gasteiger partial charge in [-0.15, -0.1) is 0 Å². The van der Waals surface area contributed by atoms with Gasteiger partial charge in [0.25, 0.3) is 0 Å². The third-order valence-electron chi connectivity index (χ3n) is 3.46. The minimum absolute atomic E-state index is 0.252. The quantitative estimate of drug-likeness (QED) is 0.895. The minimum atomic E-state index is 0.252. The maximum Gasteiger partial charge on any atom is 0.232 e. The molecule has 1 aromatic rings. The van der Waals surface area contributed by atoms with Crippen LogP contribution in [-0.4, -0.2) is 11.1 Å². The lowest BCUT2D eigenvalue weighted by Gasteiger charge is -2.30. The fraction of sp³-hybridized carbons (Fsp3) is 0.615. The van der Waals surface area contributed by atoms with Crippen molar-refractivity contribution in [1.82, 2.24) is 4.98 Å². The van der Waals surface area contributed by atoms with Crippen LogP contribution in [0.4, 0.5) is 5.69 Å². The van der Waals surface area contributed by atoms with Crippen LogP contribution < -0.4 is 10.5 Å². The number of nitrogens with two attached hydrogens (primary N) is 1. The van der Waals surface area contributed by atoms with Gasteiger partial charge in [-0.3, -0.25) is 0 Å². The van der Waals surface area contributed by atoms with Gasteiger partial charge < -0.3 is 10.5 Å². The number of rotatable bonds is 3. The molecular weight excluding hydrogens is 236 g/mol. The van der Waals surface area contributed by atoms with E-state index in [0.717, 1.165) is 12.8 Å². The van der Waals surface area contributed by atoms with Crippen LogP contribution in [0, 0.1) is 5.92 Å². The van der Waals surface area contributed by atoms with Crippen LogP contribution >= 0.6 is 11.6 Å². The molecular formula is C13H19ClN2O. The molecule has 0 radical (unpaired) electrons. The molecule has 1 heterocycles. The van der Waals surface area contributed by atoms with Crippen LogP contribution in [0.15, 0.2) is 12.3 Å². The second-order valence-corrected chi connectivity index (χ2v) is 5.07. The molecule has 1 aromatic heterocycles. The van der Waals surface area contributed by atoms with E-state index in [2.05, 4.69) is 11.9 Å². The topological polar surface area (TPSA) is 48.1 Å². The minimum Gasteiger partial charge on any atom is -0.473 e. The number of hydrogen-bond acceptors (Lipinski definition) is 3. The summed E-state index contributed by atoms with van der Waals surface area (Å²) < 4.78 is 5.95. The van der Waals surface area contributed by atoms with E-state index in [4.69, 9.17) is 22.1 Å². The van der Waals surface area contributed by atoms with Gasteiger partial charge in [0.2, 0.25) is 5.88 Å². The van der Waals surface area contributed by atoms with E-state index in [0.29, 0.717) is 22.5 Å². The molecule has 1 saturated carbocycles. The van der Waals surface area contributed by atoms with Crippen molar-refractivity contribution < 1.29 is 4.74 Å². The van der Waals surface area contributed by atoms with Gasteiger partial charge in [0.1, 0.15) is 11.1 Å². The highest BCUT2D eigenvalue weighted by atomic mass is 35.5. The number of nitrogens with zero attached hydrogens (tertiary/aromatic N) is 1. The summed E-state index contributed by atoms with van der Waals surface area (Å²) in [6.45, 7) is 2.21. The molecule has 2 atom stereocenters. The van der Waals surface area contributed by atoms with E-state index in [9.17, 15) is 0 Å². The molecule has 1 aliphatic carbocycles. The molecule has 0 saturated heterocycles. The maximum absolute atomic E-state index is 6.07. The number of halogens is 1. The predicted molar refractivity (Wildman–Crippen MR) is 70.3 cm³/mol. The molecule has 17 heavy (non-hydrogen) atoms. The van der Waals surface area contributed by atoms with Crippen LogP contribution in [0.3, 0.4) is 0 Å². The Morgan fingerprint density at radius 1 is 1.47 bits per heavy atom. The molecule has 2 unspecified atom stereocenters. The van der Waals surface area contributed by atoms with Crippen molar-refractivity contribution in [2.75, 3.05) is 5.73 Å². The highest BCUT2D eigenvalue weighted by Gasteiger charge is 2.26. The van der Waals surface area contributed by atoms with Gasteiger partial charge in [0.15, 0.2) is 0 Å². The molecule has 3 nitrogen and oxygen atoms in total. The number of nitrogen functional groups attached to an aromatic ring is 1. The molecule has 1 fully saturated rings. The van der Waals surface area contributed by atoms with Gasteiger partial charge in [-0.05, 0) is 37.7 Å². The Kier molecular flexibility index (Phi) is 4.11. The van der Waals surface area contributed by atoms with Crippen molar-refractivity contribution in [1.29, 1.82) is 0 Å². The summed E-state index contributed by atoms with van der Waals surface area (Å²) >= 11 is 6.07. The lowest BCUT2D eigenvalue weighted by molar-refractivity contribution is 0.0860. The Labute approximate surface area is 107 Å². The van der Waals surface area contributed by atoms with E-state index >= 15 is 0 Å². The molecule has 0 amide bonds. The van der Waals surface area contributed by atoms with Crippen molar-refractivity contribution in [2.45, 2.75) is 45.1 Å². The van der Waals surface area contributed by atoms with Crippen LogP contribution in [0.2, 0.25) is 5.02 Å². The highest BCUT2D eigenvalue weighted by molar-refractivity contribution is 6.32. The Balaban J connectivity index is 2.08. The number of anilines is 1. The van der Waals surface area contributed by atoms with Gasteiger partial charge in [0, 0.05) is 0 Å². The summed E-state index contributed by atoms with van der Waals surface area (Å²) in [6, 6.07) is 1.69. The third kappa shape index (κ3) is 3.03. The largest absolute Gasteiger partial charge is 0.473 e. The zero-order valence-electron chi connectivity index (χ0n) is 10.2. The number of ether oxygens (including phenoxy) is 1. The smallest absolute Gasteiger partial charge is 0.232 e. The molecule has 0 aliphatic heterocycles. The zero-order valence-corrected chi connectivity index (χ0v) is 10.9. The third-order valence-corrected chi connectivity index (χ3v) is 3.73. The molecule has 4 heteroatoms. The summed E-state index contributed by atoms with van der Waals surface area (Å²) in [5.41, 5.74) is 6.18. The molecule has 2 rings (SSSR count). The zero-order chi connectivity index (χ0) is 12.3. The molecule has 94 valence electrons. The maximum atomic E-state index is 6.07. The van der Waals surface area contributed by atoms with E-state index in [-0.39, 0.29) is 6.10 Å². The molecule has 0 spiro atoms. The summed E-state index contributed by atoms with van der Waals surface area (Å²) in [7, 11) is 0. The average molecular weight is 255 g/mol. The van der Waals surface area contributed by atoms with Crippen molar-refractivity contribution in [3.8, 4) is 5.88 Å². The summed E-state index contributed by atoms with van der Waals surface area (Å²) in [5, 5.41) is 0.505.